The predicted molar refractivity (Wildman–Crippen MR) is 78.6 cm³/mol. The van der Waals surface area contributed by atoms with E-state index in [4.69, 9.17) is 10.5 Å². The van der Waals surface area contributed by atoms with Crippen molar-refractivity contribution >= 4 is 16.8 Å². The lowest BCUT2D eigenvalue weighted by Crippen LogP contribution is -2.25. The maximum absolute atomic E-state index is 12.1. The molecule has 0 unspecified atom stereocenters. The molecule has 0 aliphatic heterocycles. The van der Waals surface area contributed by atoms with Gasteiger partial charge in [-0.2, -0.15) is 0 Å². The van der Waals surface area contributed by atoms with Gasteiger partial charge < -0.3 is 15.8 Å². The molecule has 5 nitrogen and oxygen atoms in total. The molecule has 1 aromatic carbocycles. The number of aromatic nitrogens is 1. The van der Waals surface area contributed by atoms with Gasteiger partial charge in [-0.15, -0.1) is 0 Å². The van der Waals surface area contributed by atoms with Gasteiger partial charge in [0.15, 0.2) is 0 Å². The summed E-state index contributed by atoms with van der Waals surface area (Å²) in [5.41, 5.74) is 6.65. The standard InChI is InChI=1S/C15H19N3O2/c16-7-11-20-10-3-9-18-15(19)13-6-1-4-12-5-2-8-17-14(12)13/h1-2,4-6,8H,3,7,9-11,16H2,(H,18,19). The molecule has 0 saturated carbocycles. The summed E-state index contributed by atoms with van der Waals surface area (Å²) in [6, 6.07) is 9.40. The van der Waals surface area contributed by atoms with Crippen LogP contribution in [-0.4, -0.2) is 37.2 Å². The van der Waals surface area contributed by atoms with Crippen molar-refractivity contribution in [3.63, 3.8) is 0 Å². The summed E-state index contributed by atoms with van der Waals surface area (Å²) >= 11 is 0. The zero-order chi connectivity index (χ0) is 14.2. The molecule has 5 heteroatoms. The van der Waals surface area contributed by atoms with E-state index in [2.05, 4.69) is 10.3 Å². The number of rotatable bonds is 7. The summed E-state index contributed by atoms with van der Waals surface area (Å²) < 4.78 is 5.25. The fourth-order valence-corrected chi connectivity index (χ4v) is 1.94. The van der Waals surface area contributed by atoms with Gasteiger partial charge in [-0.25, -0.2) is 0 Å². The molecule has 0 saturated heterocycles. The molecule has 0 atom stereocenters. The minimum atomic E-state index is -0.104. The highest BCUT2D eigenvalue weighted by Crippen LogP contribution is 2.15. The molecular weight excluding hydrogens is 254 g/mol. The largest absolute Gasteiger partial charge is 0.380 e. The highest BCUT2D eigenvalue weighted by atomic mass is 16.5. The molecule has 0 radical (unpaired) electrons. The predicted octanol–water partition coefficient (Wildman–Crippen LogP) is 1.33. The van der Waals surface area contributed by atoms with Gasteiger partial charge in [-0.3, -0.25) is 9.78 Å². The minimum absolute atomic E-state index is 0.104. The Hall–Kier alpha value is -1.98. The van der Waals surface area contributed by atoms with Crippen LogP contribution in [0.1, 0.15) is 16.8 Å². The molecule has 1 aromatic heterocycles. The molecule has 106 valence electrons. The number of hydrogen-bond acceptors (Lipinski definition) is 4. The molecule has 2 aromatic rings. The third-order valence-corrected chi connectivity index (χ3v) is 2.89. The van der Waals surface area contributed by atoms with Gasteiger partial charge in [0, 0.05) is 31.3 Å². The molecule has 3 N–H and O–H groups in total. The SMILES string of the molecule is NCCOCCCNC(=O)c1cccc2cccnc12. The quantitative estimate of drug-likeness (QED) is 0.746. The van der Waals surface area contributed by atoms with Crippen LogP contribution in [0, 0.1) is 0 Å². The summed E-state index contributed by atoms with van der Waals surface area (Å²) in [5, 5.41) is 3.84. The van der Waals surface area contributed by atoms with Crippen LogP contribution in [-0.2, 0) is 4.74 Å². The summed E-state index contributed by atoms with van der Waals surface area (Å²) in [4.78, 5) is 16.4. The molecule has 2 rings (SSSR count). The first-order valence-electron chi connectivity index (χ1n) is 6.72. The molecule has 0 spiro atoms. The van der Waals surface area contributed by atoms with Crippen molar-refractivity contribution < 1.29 is 9.53 Å². The zero-order valence-corrected chi connectivity index (χ0v) is 11.3. The van der Waals surface area contributed by atoms with Crippen molar-refractivity contribution in [2.45, 2.75) is 6.42 Å². The van der Waals surface area contributed by atoms with E-state index in [1.54, 1.807) is 12.3 Å². The van der Waals surface area contributed by atoms with E-state index in [0.717, 1.165) is 17.3 Å². The van der Waals surface area contributed by atoms with Crippen LogP contribution < -0.4 is 11.1 Å². The second-order valence-corrected chi connectivity index (χ2v) is 4.39. The summed E-state index contributed by atoms with van der Waals surface area (Å²) in [7, 11) is 0. The summed E-state index contributed by atoms with van der Waals surface area (Å²) in [5.74, 6) is -0.104. The number of nitrogens with zero attached hydrogens (tertiary/aromatic N) is 1. The number of para-hydroxylation sites is 1. The van der Waals surface area contributed by atoms with E-state index in [-0.39, 0.29) is 5.91 Å². The second kappa shape index (κ2) is 7.57. The van der Waals surface area contributed by atoms with Crippen molar-refractivity contribution in [1.29, 1.82) is 0 Å². The van der Waals surface area contributed by atoms with Crippen molar-refractivity contribution in [2.75, 3.05) is 26.3 Å². The second-order valence-electron chi connectivity index (χ2n) is 4.39. The van der Waals surface area contributed by atoms with Crippen molar-refractivity contribution in [1.82, 2.24) is 10.3 Å². The maximum Gasteiger partial charge on any atom is 0.253 e. The fourth-order valence-electron chi connectivity index (χ4n) is 1.94. The lowest BCUT2D eigenvalue weighted by molar-refractivity contribution is 0.0944. The van der Waals surface area contributed by atoms with Gasteiger partial charge >= 0.3 is 0 Å². The first-order chi connectivity index (χ1) is 9.83. The van der Waals surface area contributed by atoms with E-state index >= 15 is 0 Å². The third kappa shape index (κ3) is 3.76. The van der Waals surface area contributed by atoms with Crippen LogP contribution in [0.4, 0.5) is 0 Å². The van der Waals surface area contributed by atoms with Crippen LogP contribution in [0.15, 0.2) is 36.5 Å². The van der Waals surface area contributed by atoms with E-state index < -0.39 is 0 Å². The maximum atomic E-state index is 12.1. The summed E-state index contributed by atoms with van der Waals surface area (Å²) in [6.07, 6.45) is 2.46. The number of carbonyl (C=O) groups is 1. The Bertz CT molecular complexity index is 567. The first kappa shape index (κ1) is 14.4. The average Bonchev–Trinajstić information content (AvgIpc) is 2.50. The smallest absolute Gasteiger partial charge is 0.253 e. The van der Waals surface area contributed by atoms with Crippen LogP contribution >= 0.6 is 0 Å². The molecule has 0 aliphatic rings. The highest BCUT2D eigenvalue weighted by molar-refractivity contribution is 6.05. The van der Waals surface area contributed by atoms with Crippen LogP contribution in [0.5, 0.6) is 0 Å². The van der Waals surface area contributed by atoms with Crippen molar-refractivity contribution in [3.05, 3.63) is 42.1 Å². The van der Waals surface area contributed by atoms with Crippen molar-refractivity contribution in [3.8, 4) is 0 Å². The molecule has 0 aliphatic carbocycles. The van der Waals surface area contributed by atoms with E-state index in [1.807, 2.05) is 24.3 Å². The Morgan fingerprint density at radius 2 is 2.10 bits per heavy atom. The average molecular weight is 273 g/mol. The van der Waals surface area contributed by atoms with Crippen LogP contribution in [0.2, 0.25) is 0 Å². The number of fused-ring (bicyclic) bond motifs is 1. The number of carbonyl (C=O) groups excluding carboxylic acids is 1. The van der Waals surface area contributed by atoms with Crippen LogP contribution in [0.25, 0.3) is 10.9 Å². The van der Waals surface area contributed by atoms with Gasteiger partial charge in [0.05, 0.1) is 17.7 Å². The number of ether oxygens (including phenoxy) is 1. The van der Waals surface area contributed by atoms with Gasteiger partial charge in [-0.1, -0.05) is 18.2 Å². The molecule has 20 heavy (non-hydrogen) atoms. The number of nitrogens with two attached hydrogens (primary N) is 1. The number of nitrogens with one attached hydrogen (secondary N) is 1. The topological polar surface area (TPSA) is 77.2 Å². The normalized spacial score (nSPS) is 10.7. The Morgan fingerprint density at radius 3 is 2.95 bits per heavy atom. The molecule has 1 heterocycles. The van der Waals surface area contributed by atoms with Gasteiger partial charge in [0.1, 0.15) is 0 Å². The van der Waals surface area contributed by atoms with Gasteiger partial charge in [-0.05, 0) is 18.6 Å². The lowest BCUT2D eigenvalue weighted by Gasteiger charge is -2.07. The monoisotopic (exact) mass is 273 g/mol. The number of hydrogen-bond donors (Lipinski definition) is 2. The Morgan fingerprint density at radius 1 is 1.25 bits per heavy atom. The lowest BCUT2D eigenvalue weighted by atomic mass is 10.1. The highest BCUT2D eigenvalue weighted by Gasteiger charge is 2.09. The number of pyridine rings is 1. The molecule has 1 amide bonds. The van der Waals surface area contributed by atoms with Crippen LogP contribution in [0.3, 0.4) is 0 Å². The Labute approximate surface area is 118 Å². The molecule has 0 bridgehead atoms. The van der Waals surface area contributed by atoms with Crippen molar-refractivity contribution in [2.24, 2.45) is 5.73 Å². The van der Waals surface area contributed by atoms with E-state index in [0.29, 0.717) is 31.9 Å². The number of benzene rings is 1. The van der Waals surface area contributed by atoms with Gasteiger partial charge in [0.2, 0.25) is 0 Å². The number of amides is 1. The Kier molecular flexibility index (Phi) is 5.46. The Balaban J connectivity index is 1.91. The fraction of sp³-hybridized carbons (Fsp3) is 0.333. The third-order valence-electron chi connectivity index (χ3n) is 2.89. The minimum Gasteiger partial charge on any atom is -0.380 e. The summed E-state index contributed by atoms with van der Waals surface area (Å²) in [6.45, 7) is 2.26. The molecule has 0 fully saturated rings. The van der Waals surface area contributed by atoms with E-state index in [1.165, 1.54) is 0 Å². The zero-order valence-electron chi connectivity index (χ0n) is 11.3. The van der Waals surface area contributed by atoms with E-state index in [9.17, 15) is 4.79 Å². The molecular formula is C15H19N3O2. The first-order valence-corrected chi connectivity index (χ1v) is 6.72. The van der Waals surface area contributed by atoms with Gasteiger partial charge in [0.25, 0.3) is 5.91 Å².